The number of piperazine rings is 1. The first-order valence-electron chi connectivity index (χ1n) is 20.0. The van der Waals surface area contributed by atoms with Crippen molar-refractivity contribution in [1.82, 2.24) is 15.1 Å². The zero-order valence-electron chi connectivity index (χ0n) is 31.8. The maximum Gasteiger partial charge on any atom is 0.255 e. The Morgan fingerprint density at radius 1 is 0.839 bits per heavy atom. The lowest BCUT2D eigenvalue weighted by molar-refractivity contribution is -0.136. The second-order valence-corrected chi connectivity index (χ2v) is 16.2. The van der Waals surface area contributed by atoms with Gasteiger partial charge in [-0.1, -0.05) is 48.0 Å². The molecule has 0 bridgehead atoms. The average molecular weight is 758 g/mol. The molecule has 2 unspecified atom stereocenters. The van der Waals surface area contributed by atoms with Crippen LogP contribution in [0.3, 0.4) is 0 Å². The van der Waals surface area contributed by atoms with E-state index < -0.39 is 17.8 Å². The number of hydrogen-bond donors (Lipinski definition) is 2. The van der Waals surface area contributed by atoms with Gasteiger partial charge in [-0.2, -0.15) is 0 Å². The molecular weight excluding hydrogens is 710 g/mol. The molecule has 3 fully saturated rings. The lowest BCUT2D eigenvalue weighted by atomic mass is 9.75. The van der Waals surface area contributed by atoms with E-state index in [4.69, 9.17) is 4.74 Å². The molecule has 0 spiro atoms. The van der Waals surface area contributed by atoms with E-state index >= 15 is 4.39 Å². The maximum absolute atomic E-state index is 15.5. The number of rotatable bonds is 7. The topological polar surface area (TPSA) is 106 Å². The molecule has 9 rings (SSSR count). The summed E-state index contributed by atoms with van der Waals surface area (Å²) in [6, 6.07) is 25.6. The van der Waals surface area contributed by atoms with Gasteiger partial charge >= 0.3 is 0 Å². The van der Waals surface area contributed by atoms with Crippen LogP contribution in [0, 0.1) is 18.7 Å². The number of nitrogens with zero attached hydrogens (tertiary/aromatic N) is 4. The van der Waals surface area contributed by atoms with Crippen LogP contribution >= 0.6 is 0 Å². The number of benzene rings is 4. The second-order valence-electron chi connectivity index (χ2n) is 16.2. The molecule has 10 nitrogen and oxygen atoms in total. The summed E-state index contributed by atoms with van der Waals surface area (Å²) in [5, 5.41) is 12.5. The van der Waals surface area contributed by atoms with E-state index in [2.05, 4.69) is 75.5 Å². The van der Waals surface area contributed by atoms with E-state index in [0.29, 0.717) is 36.9 Å². The molecule has 4 aromatic rings. The third kappa shape index (κ3) is 6.97. The van der Waals surface area contributed by atoms with Crippen LogP contribution in [0.25, 0.3) is 0 Å². The van der Waals surface area contributed by atoms with Crippen LogP contribution in [0.15, 0.2) is 78.9 Å². The predicted molar refractivity (Wildman–Crippen MR) is 212 cm³/mol. The Hall–Kier alpha value is -5.42. The lowest BCUT2D eigenvalue weighted by Gasteiger charge is -2.40. The van der Waals surface area contributed by atoms with Crippen LogP contribution in [0.4, 0.5) is 15.8 Å². The first-order valence-corrected chi connectivity index (χ1v) is 20.0. The fourth-order valence-electron chi connectivity index (χ4n) is 9.62. The largest absolute Gasteiger partial charge is 0.508 e. The van der Waals surface area contributed by atoms with Gasteiger partial charge in [-0.05, 0) is 79.1 Å². The van der Waals surface area contributed by atoms with Crippen LogP contribution in [-0.2, 0) is 16.1 Å². The lowest BCUT2D eigenvalue weighted by Crippen LogP contribution is -2.52. The van der Waals surface area contributed by atoms with Crippen molar-refractivity contribution in [3.63, 3.8) is 0 Å². The fraction of sp³-hybridized carbons (Fsp3) is 0.400. The minimum absolute atomic E-state index is 0.111. The van der Waals surface area contributed by atoms with Crippen molar-refractivity contribution in [2.45, 2.75) is 57.0 Å². The molecule has 5 aliphatic rings. The van der Waals surface area contributed by atoms with Gasteiger partial charge < -0.3 is 24.5 Å². The summed E-state index contributed by atoms with van der Waals surface area (Å²) in [6.07, 6.45) is 2.70. The molecule has 0 saturated carbocycles. The highest BCUT2D eigenvalue weighted by atomic mass is 19.1. The molecule has 3 amide bonds. The third-order valence-corrected chi connectivity index (χ3v) is 12.7. The van der Waals surface area contributed by atoms with Gasteiger partial charge in [0.15, 0.2) is 0 Å². The number of carbonyl (C=O) groups excluding carboxylic acids is 3. The van der Waals surface area contributed by atoms with Gasteiger partial charge in [-0.15, -0.1) is 0 Å². The van der Waals surface area contributed by atoms with E-state index in [0.717, 1.165) is 62.4 Å². The summed E-state index contributed by atoms with van der Waals surface area (Å²) in [5.74, 6) is 0.265. The number of amides is 3. The van der Waals surface area contributed by atoms with Crippen molar-refractivity contribution in [2.75, 3.05) is 62.2 Å². The predicted octanol–water partition coefficient (Wildman–Crippen LogP) is 5.95. The van der Waals surface area contributed by atoms with Crippen molar-refractivity contribution >= 4 is 29.1 Å². The number of imide groups is 1. The number of phenolic OH excluding ortho intramolecular Hbond substituents is 1. The van der Waals surface area contributed by atoms with Gasteiger partial charge in [0.1, 0.15) is 23.4 Å². The summed E-state index contributed by atoms with van der Waals surface area (Å²) in [4.78, 5) is 45.8. The quantitative estimate of drug-likeness (QED) is 0.223. The Labute approximate surface area is 326 Å². The number of halogens is 1. The van der Waals surface area contributed by atoms with Gasteiger partial charge in [-0.3, -0.25) is 24.6 Å². The van der Waals surface area contributed by atoms with Crippen LogP contribution in [-0.4, -0.2) is 91.1 Å². The first-order chi connectivity index (χ1) is 27.2. The number of piperidine rings is 2. The Morgan fingerprint density at radius 3 is 2.38 bits per heavy atom. The van der Waals surface area contributed by atoms with Gasteiger partial charge in [-0.25, -0.2) is 4.39 Å². The molecule has 5 aliphatic heterocycles. The van der Waals surface area contributed by atoms with Crippen LogP contribution < -0.4 is 19.9 Å². The number of ether oxygens (including phenoxy) is 1. The standard InChI is InChI=1S/C45H48FN5O5/c1-28-3-2-4-31(21-28)37-27-56-41-23-34(52)9-10-35(41)43(37)30-5-7-33(8-6-30)49-15-13-29(14-16-49)25-48-17-19-50(20-18-48)40-22-32-26-51(45(55)36(32)24-38(40)46)39-11-12-42(53)47-44(39)54/h2-10,21-24,29,37,39,43,52H,11-20,25-27H2,1H3,(H,47,53,54)/t37?,39?,43-/m1/s1. The molecule has 0 aromatic heterocycles. The molecular formula is C45H48FN5O5. The van der Waals surface area contributed by atoms with Crippen molar-refractivity contribution in [1.29, 1.82) is 0 Å². The third-order valence-electron chi connectivity index (χ3n) is 12.7. The highest BCUT2D eigenvalue weighted by Gasteiger charge is 2.40. The average Bonchev–Trinajstić information content (AvgIpc) is 3.51. The second kappa shape index (κ2) is 14.9. The molecule has 56 heavy (non-hydrogen) atoms. The van der Waals surface area contributed by atoms with E-state index in [1.807, 2.05) is 6.07 Å². The number of aryl methyl sites for hydroxylation is 1. The highest BCUT2D eigenvalue weighted by Crippen LogP contribution is 2.47. The van der Waals surface area contributed by atoms with E-state index in [9.17, 15) is 19.5 Å². The summed E-state index contributed by atoms with van der Waals surface area (Å²) in [5.41, 5.74) is 7.60. The minimum atomic E-state index is -0.716. The molecule has 0 radical (unpaired) electrons. The Kier molecular flexibility index (Phi) is 9.65. The zero-order chi connectivity index (χ0) is 38.5. The smallest absolute Gasteiger partial charge is 0.255 e. The number of aromatic hydroxyl groups is 1. The fourth-order valence-corrected chi connectivity index (χ4v) is 9.62. The van der Waals surface area contributed by atoms with Crippen LogP contribution in [0.2, 0.25) is 0 Å². The van der Waals surface area contributed by atoms with Gasteiger partial charge in [0, 0.05) is 93.5 Å². The van der Waals surface area contributed by atoms with E-state index in [-0.39, 0.29) is 48.8 Å². The van der Waals surface area contributed by atoms with E-state index in [1.165, 1.54) is 33.3 Å². The monoisotopic (exact) mass is 757 g/mol. The van der Waals surface area contributed by atoms with Gasteiger partial charge in [0.05, 0.1) is 12.3 Å². The number of fused-ring (bicyclic) bond motifs is 2. The summed E-state index contributed by atoms with van der Waals surface area (Å²) in [6.45, 7) is 9.05. The summed E-state index contributed by atoms with van der Waals surface area (Å²) >= 11 is 0. The number of anilines is 2. The number of carbonyl (C=O) groups is 3. The first kappa shape index (κ1) is 36.2. The zero-order valence-corrected chi connectivity index (χ0v) is 31.8. The highest BCUT2D eigenvalue weighted by molar-refractivity contribution is 6.05. The molecule has 3 atom stereocenters. The summed E-state index contributed by atoms with van der Waals surface area (Å²) < 4.78 is 21.7. The molecule has 5 heterocycles. The molecule has 2 N–H and O–H groups in total. The SMILES string of the molecule is Cc1cccc(C2COc3cc(O)ccc3[C@H]2c2ccc(N3CCC(CN4CCN(c5cc6c(cc5F)C(=O)N(C5CCC(=O)NC5=O)C6)CC4)CC3)cc2)c1. The van der Waals surface area contributed by atoms with Gasteiger partial charge in [0.2, 0.25) is 11.8 Å². The van der Waals surface area contributed by atoms with Crippen molar-refractivity contribution < 1.29 is 28.6 Å². The molecule has 0 aliphatic carbocycles. The van der Waals surface area contributed by atoms with E-state index in [1.54, 1.807) is 18.2 Å². The van der Waals surface area contributed by atoms with Crippen LogP contribution in [0.5, 0.6) is 11.5 Å². The van der Waals surface area contributed by atoms with Crippen molar-refractivity contribution in [2.24, 2.45) is 5.92 Å². The molecule has 4 aromatic carbocycles. The Morgan fingerprint density at radius 2 is 1.62 bits per heavy atom. The Balaban J connectivity index is 0.794. The Bertz CT molecular complexity index is 2160. The molecule has 3 saturated heterocycles. The van der Waals surface area contributed by atoms with Gasteiger partial charge in [0.25, 0.3) is 5.91 Å². The number of hydrogen-bond acceptors (Lipinski definition) is 8. The molecule has 11 heteroatoms. The molecule has 290 valence electrons. The minimum Gasteiger partial charge on any atom is -0.508 e. The summed E-state index contributed by atoms with van der Waals surface area (Å²) in [7, 11) is 0. The normalized spacial score (nSPS) is 23.1. The number of phenols is 1. The maximum atomic E-state index is 15.5. The number of nitrogens with one attached hydrogen (secondary N) is 1. The van der Waals surface area contributed by atoms with Crippen LogP contribution in [0.1, 0.15) is 75.7 Å². The van der Waals surface area contributed by atoms with Crippen molar-refractivity contribution in [3.8, 4) is 11.5 Å². The van der Waals surface area contributed by atoms with Crippen molar-refractivity contribution in [3.05, 3.63) is 118 Å².